The normalized spacial score (nSPS) is 18.6. The zero-order chi connectivity index (χ0) is 16.5. The molecule has 1 heterocycles. The molecule has 1 aromatic rings. The number of benzene rings is 1. The third-order valence-electron chi connectivity index (χ3n) is 4.23. The van der Waals surface area contributed by atoms with E-state index in [1.54, 1.807) is 12.1 Å². The van der Waals surface area contributed by atoms with E-state index in [4.69, 9.17) is 0 Å². The van der Waals surface area contributed by atoms with Gasteiger partial charge in [-0.05, 0) is 23.6 Å². The zero-order valence-electron chi connectivity index (χ0n) is 12.7. The predicted molar refractivity (Wildman–Crippen MR) is 76.7 cm³/mol. The third-order valence-corrected chi connectivity index (χ3v) is 4.23. The van der Waals surface area contributed by atoms with Crippen LogP contribution in [0.25, 0.3) is 0 Å². The molecule has 22 heavy (non-hydrogen) atoms. The van der Waals surface area contributed by atoms with E-state index < -0.39 is 24.6 Å². The summed E-state index contributed by atoms with van der Waals surface area (Å²) < 4.78 is 38.2. The van der Waals surface area contributed by atoms with E-state index in [0.717, 1.165) is 5.56 Å². The molecule has 1 amide bonds. The van der Waals surface area contributed by atoms with Crippen molar-refractivity contribution in [3.8, 4) is 0 Å². The van der Waals surface area contributed by atoms with Gasteiger partial charge in [-0.25, -0.2) is 0 Å². The van der Waals surface area contributed by atoms with Crippen LogP contribution in [0.15, 0.2) is 24.3 Å². The number of amides is 1. The number of hydrogen-bond donors (Lipinski definition) is 1. The van der Waals surface area contributed by atoms with Gasteiger partial charge < -0.3 is 10.0 Å². The standard InChI is InChI=1S/C16H20F3NO2/c1-11(2)12-3-5-13(6-4-12)14(21)20-9-7-15(22,8-10-20)16(17,18)19/h3-6,11,22H,7-10H2,1-2H3. The van der Waals surface area contributed by atoms with E-state index in [-0.39, 0.29) is 19.0 Å². The maximum absolute atomic E-state index is 12.7. The van der Waals surface area contributed by atoms with Gasteiger partial charge in [-0.1, -0.05) is 26.0 Å². The molecule has 0 unspecified atom stereocenters. The molecular formula is C16H20F3NO2. The maximum Gasteiger partial charge on any atom is 0.417 e. The van der Waals surface area contributed by atoms with Crippen LogP contribution in [0.3, 0.4) is 0 Å². The maximum atomic E-state index is 12.7. The second-order valence-corrected chi connectivity index (χ2v) is 6.10. The van der Waals surface area contributed by atoms with E-state index in [0.29, 0.717) is 11.5 Å². The van der Waals surface area contributed by atoms with Crippen LogP contribution in [0.4, 0.5) is 13.2 Å². The summed E-state index contributed by atoms with van der Waals surface area (Å²) in [4.78, 5) is 13.7. The number of carbonyl (C=O) groups is 1. The van der Waals surface area contributed by atoms with Crippen LogP contribution >= 0.6 is 0 Å². The molecule has 1 fully saturated rings. The van der Waals surface area contributed by atoms with Gasteiger partial charge in [-0.15, -0.1) is 0 Å². The van der Waals surface area contributed by atoms with Crippen molar-refractivity contribution >= 4 is 5.91 Å². The van der Waals surface area contributed by atoms with Crippen LogP contribution in [-0.4, -0.2) is 40.8 Å². The van der Waals surface area contributed by atoms with Gasteiger partial charge in [-0.3, -0.25) is 4.79 Å². The number of alkyl halides is 3. The molecule has 1 aliphatic heterocycles. The number of hydrogen-bond acceptors (Lipinski definition) is 2. The average molecular weight is 315 g/mol. The van der Waals surface area contributed by atoms with Crippen molar-refractivity contribution in [1.29, 1.82) is 0 Å². The van der Waals surface area contributed by atoms with Crippen molar-refractivity contribution in [2.24, 2.45) is 0 Å². The molecule has 0 saturated carbocycles. The molecule has 0 aromatic heterocycles. The summed E-state index contributed by atoms with van der Waals surface area (Å²) in [5, 5.41) is 9.61. The molecule has 0 aliphatic carbocycles. The van der Waals surface area contributed by atoms with Gasteiger partial charge in [0.2, 0.25) is 0 Å². The Morgan fingerprint density at radius 1 is 1.18 bits per heavy atom. The average Bonchev–Trinajstić information content (AvgIpc) is 2.46. The number of halogens is 3. The van der Waals surface area contributed by atoms with Gasteiger partial charge in [0.1, 0.15) is 0 Å². The Labute approximate surface area is 127 Å². The molecule has 0 bridgehead atoms. The lowest BCUT2D eigenvalue weighted by Gasteiger charge is -2.39. The summed E-state index contributed by atoms with van der Waals surface area (Å²) in [7, 11) is 0. The van der Waals surface area contributed by atoms with Gasteiger partial charge in [0.05, 0.1) is 0 Å². The fourth-order valence-electron chi connectivity index (χ4n) is 2.56. The summed E-state index contributed by atoms with van der Waals surface area (Å²) >= 11 is 0. The molecule has 122 valence electrons. The topological polar surface area (TPSA) is 40.5 Å². The molecule has 3 nitrogen and oxygen atoms in total. The fraction of sp³-hybridized carbons (Fsp3) is 0.562. The van der Waals surface area contributed by atoms with E-state index in [2.05, 4.69) is 0 Å². The number of carbonyl (C=O) groups excluding carboxylic acids is 1. The van der Waals surface area contributed by atoms with Crippen molar-refractivity contribution in [2.75, 3.05) is 13.1 Å². The van der Waals surface area contributed by atoms with Crippen LogP contribution < -0.4 is 0 Å². The smallest absolute Gasteiger partial charge is 0.380 e. The lowest BCUT2D eigenvalue weighted by Crippen LogP contribution is -2.54. The molecule has 1 N–H and O–H groups in total. The number of aliphatic hydroxyl groups is 1. The van der Waals surface area contributed by atoms with Gasteiger partial charge in [0.15, 0.2) is 5.60 Å². The Bertz CT molecular complexity index is 529. The molecule has 0 atom stereocenters. The summed E-state index contributed by atoms with van der Waals surface area (Å²) in [6.07, 6.45) is -5.61. The van der Waals surface area contributed by atoms with Crippen molar-refractivity contribution in [3.05, 3.63) is 35.4 Å². The Morgan fingerprint density at radius 3 is 2.09 bits per heavy atom. The monoisotopic (exact) mass is 315 g/mol. The second-order valence-electron chi connectivity index (χ2n) is 6.10. The first kappa shape index (κ1) is 16.8. The largest absolute Gasteiger partial charge is 0.417 e. The van der Waals surface area contributed by atoms with E-state index in [1.165, 1.54) is 4.90 Å². The highest BCUT2D eigenvalue weighted by atomic mass is 19.4. The number of rotatable bonds is 2. The highest BCUT2D eigenvalue weighted by molar-refractivity contribution is 5.94. The molecule has 1 aliphatic rings. The molecule has 1 saturated heterocycles. The van der Waals surface area contributed by atoms with Crippen LogP contribution in [-0.2, 0) is 0 Å². The first-order valence-electron chi connectivity index (χ1n) is 7.32. The number of piperidine rings is 1. The summed E-state index contributed by atoms with van der Waals surface area (Å²) in [5.41, 5.74) is -1.12. The van der Waals surface area contributed by atoms with E-state index in [9.17, 15) is 23.1 Å². The van der Waals surface area contributed by atoms with Gasteiger partial charge in [-0.2, -0.15) is 13.2 Å². The summed E-state index contributed by atoms with van der Waals surface area (Å²) in [6.45, 7) is 3.89. The Morgan fingerprint density at radius 2 is 1.68 bits per heavy atom. The minimum absolute atomic E-state index is 0.0965. The van der Waals surface area contributed by atoms with Crippen molar-refractivity contribution < 1.29 is 23.1 Å². The van der Waals surface area contributed by atoms with Gasteiger partial charge in [0, 0.05) is 31.5 Å². The van der Waals surface area contributed by atoms with Crippen LogP contribution in [0, 0.1) is 0 Å². The molecule has 0 spiro atoms. The lowest BCUT2D eigenvalue weighted by atomic mass is 9.90. The van der Waals surface area contributed by atoms with Crippen LogP contribution in [0.5, 0.6) is 0 Å². The molecule has 6 heteroatoms. The highest BCUT2D eigenvalue weighted by Gasteiger charge is 2.54. The van der Waals surface area contributed by atoms with Crippen molar-refractivity contribution in [1.82, 2.24) is 4.90 Å². The first-order valence-corrected chi connectivity index (χ1v) is 7.32. The van der Waals surface area contributed by atoms with Crippen molar-refractivity contribution in [2.45, 2.75) is 44.4 Å². The highest BCUT2D eigenvalue weighted by Crippen LogP contribution is 2.38. The minimum atomic E-state index is -4.65. The lowest BCUT2D eigenvalue weighted by molar-refractivity contribution is -0.271. The molecular weight excluding hydrogens is 295 g/mol. The first-order chi connectivity index (χ1) is 10.1. The molecule has 1 aromatic carbocycles. The Hall–Kier alpha value is -1.56. The zero-order valence-corrected chi connectivity index (χ0v) is 12.7. The van der Waals surface area contributed by atoms with Gasteiger partial charge >= 0.3 is 6.18 Å². The SMILES string of the molecule is CC(C)c1ccc(C(=O)N2CCC(O)(C(F)(F)F)CC2)cc1. The quantitative estimate of drug-likeness (QED) is 0.909. The fourth-order valence-corrected chi connectivity index (χ4v) is 2.56. The van der Waals surface area contributed by atoms with Gasteiger partial charge in [0.25, 0.3) is 5.91 Å². The molecule has 0 radical (unpaired) electrons. The third kappa shape index (κ3) is 3.27. The van der Waals surface area contributed by atoms with E-state index in [1.807, 2.05) is 26.0 Å². The van der Waals surface area contributed by atoms with Crippen LogP contribution in [0.2, 0.25) is 0 Å². The number of likely N-dealkylation sites (tertiary alicyclic amines) is 1. The molecule has 2 rings (SSSR count). The van der Waals surface area contributed by atoms with E-state index >= 15 is 0 Å². The minimum Gasteiger partial charge on any atom is -0.380 e. The summed E-state index contributed by atoms with van der Waals surface area (Å²) in [6, 6.07) is 7.10. The van der Waals surface area contributed by atoms with Crippen molar-refractivity contribution in [3.63, 3.8) is 0 Å². The predicted octanol–water partition coefficient (Wildman–Crippen LogP) is 3.34. The second kappa shape index (κ2) is 5.91. The number of nitrogens with zero attached hydrogens (tertiary/aromatic N) is 1. The Balaban J connectivity index is 2.04. The summed E-state index contributed by atoms with van der Waals surface area (Å²) in [5.74, 6) is 0.0560. The van der Waals surface area contributed by atoms with Crippen LogP contribution in [0.1, 0.15) is 48.5 Å². The Kier molecular flexibility index (Phi) is 4.52.